The first kappa shape index (κ1) is 30.7. The maximum Gasteiger partial charge on any atom is 0.231 e. The Balaban J connectivity index is 1.52. The number of anilines is 1. The summed E-state index contributed by atoms with van der Waals surface area (Å²) in [6.07, 6.45) is 4.31. The van der Waals surface area contributed by atoms with Crippen LogP contribution in [0.2, 0.25) is 5.04 Å². The molecule has 45 heavy (non-hydrogen) atoms. The molecule has 0 saturated heterocycles. The molecule has 6 heteroatoms. The summed E-state index contributed by atoms with van der Waals surface area (Å²) < 4.78 is 9.67. The minimum atomic E-state index is -1.04. The Morgan fingerprint density at radius 2 is 1.40 bits per heavy atom. The van der Waals surface area contributed by atoms with Gasteiger partial charge >= 0.3 is 0 Å². The molecule has 1 aliphatic rings. The summed E-state index contributed by atoms with van der Waals surface area (Å²) in [5.74, 6) is 0.105. The highest BCUT2D eigenvalue weighted by atomic mass is 28.2. The van der Waals surface area contributed by atoms with Crippen molar-refractivity contribution in [3.05, 3.63) is 156 Å². The largest absolute Gasteiger partial charge is 0.405 e. The Morgan fingerprint density at radius 1 is 0.844 bits per heavy atom. The zero-order valence-electron chi connectivity index (χ0n) is 27.0. The van der Waals surface area contributed by atoms with Gasteiger partial charge in [-0.3, -0.25) is 4.79 Å². The van der Waals surface area contributed by atoms with Gasteiger partial charge in [-0.25, -0.2) is 4.98 Å². The average molecular weight is 614 g/mol. The fourth-order valence-corrected chi connectivity index (χ4v) is 7.87. The number of nitrogens with zero attached hydrogens (tertiary/aromatic N) is 3. The molecule has 0 aliphatic carbocycles. The van der Waals surface area contributed by atoms with E-state index < -0.39 is 15.4 Å². The van der Waals surface area contributed by atoms with Crippen LogP contribution in [0.3, 0.4) is 0 Å². The second-order valence-corrected chi connectivity index (χ2v) is 16.7. The van der Waals surface area contributed by atoms with E-state index in [-0.39, 0.29) is 22.4 Å². The first-order valence-corrected chi connectivity index (χ1v) is 17.1. The fourth-order valence-electron chi connectivity index (χ4n) is 6.74. The van der Waals surface area contributed by atoms with Crippen LogP contribution in [0.4, 0.5) is 5.69 Å². The van der Waals surface area contributed by atoms with E-state index in [2.05, 4.69) is 118 Å². The van der Waals surface area contributed by atoms with Gasteiger partial charge in [0, 0.05) is 17.6 Å². The third kappa shape index (κ3) is 6.05. The van der Waals surface area contributed by atoms with Gasteiger partial charge in [-0.05, 0) is 33.4 Å². The molecule has 0 bridgehead atoms. The summed E-state index contributed by atoms with van der Waals surface area (Å²) in [5.41, 5.74) is 5.06. The van der Waals surface area contributed by atoms with Crippen LogP contribution in [0.15, 0.2) is 128 Å². The molecular weight excluding hydrogens is 571 g/mol. The van der Waals surface area contributed by atoms with Crippen molar-refractivity contribution in [1.29, 1.82) is 0 Å². The van der Waals surface area contributed by atoms with Crippen molar-refractivity contribution in [2.45, 2.75) is 57.7 Å². The predicted molar refractivity (Wildman–Crippen MR) is 185 cm³/mol. The first-order valence-electron chi connectivity index (χ1n) is 15.8. The number of fused-ring (bicyclic) bond motifs is 1. The number of amides is 1. The van der Waals surface area contributed by atoms with E-state index in [1.807, 2.05) is 53.8 Å². The summed E-state index contributed by atoms with van der Waals surface area (Å²) in [5, 5.41) is 0.0655. The number of imidazole rings is 1. The molecule has 0 N–H and O–H groups in total. The Morgan fingerprint density at radius 3 is 2.00 bits per heavy atom. The van der Waals surface area contributed by atoms with Crippen LogP contribution in [-0.4, -0.2) is 31.8 Å². The summed E-state index contributed by atoms with van der Waals surface area (Å²) in [7, 11) is -1.04. The second-order valence-electron chi connectivity index (χ2n) is 14.0. The van der Waals surface area contributed by atoms with Crippen LogP contribution in [-0.2, 0) is 21.2 Å². The minimum absolute atomic E-state index is 0.0655. The number of hydrogen-bond acceptors (Lipinski definition) is 3. The quantitative estimate of drug-likeness (QED) is 0.169. The Bertz CT molecular complexity index is 1700. The summed E-state index contributed by atoms with van der Waals surface area (Å²) in [6.45, 7) is 11.9. The van der Waals surface area contributed by atoms with Crippen molar-refractivity contribution in [3.8, 4) is 0 Å². The van der Waals surface area contributed by atoms with Crippen LogP contribution in [0.1, 0.15) is 68.6 Å². The van der Waals surface area contributed by atoms with Gasteiger partial charge in [0.05, 0.1) is 30.7 Å². The third-order valence-electron chi connectivity index (χ3n) is 8.71. The molecule has 4 aromatic carbocycles. The smallest absolute Gasteiger partial charge is 0.231 e. The third-order valence-corrected chi connectivity index (χ3v) is 10.2. The molecule has 1 atom stereocenters. The highest BCUT2D eigenvalue weighted by molar-refractivity contribution is 6.32. The molecule has 230 valence electrons. The normalized spacial score (nSPS) is 16.6. The van der Waals surface area contributed by atoms with Crippen molar-refractivity contribution >= 4 is 21.4 Å². The van der Waals surface area contributed by atoms with E-state index >= 15 is 0 Å². The molecule has 0 saturated carbocycles. The summed E-state index contributed by atoms with van der Waals surface area (Å²) >= 11 is 0. The van der Waals surface area contributed by atoms with Crippen molar-refractivity contribution < 1.29 is 9.22 Å². The lowest BCUT2D eigenvalue weighted by molar-refractivity contribution is -0.118. The van der Waals surface area contributed by atoms with Crippen molar-refractivity contribution in [1.82, 2.24) is 9.55 Å². The number of carbonyl (C=O) groups is 1. The number of para-hydroxylation sites is 1. The molecule has 5 nitrogen and oxygen atoms in total. The molecule has 2 heterocycles. The monoisotopic (exact) mass is 613 g/mol. The van der Waals surface area contributed by atoms with Crippen LogP contribution in [0, 0.1) is 5.41 Å². The zero-order chi connectivity index (χ0) is 31.7. The highest BCUT2D eigenvalue weighted by Gasteiger charge is 2.47. The topological polar surface area (TPSA) is 47.4 Å². The summed E-state index contributed by atoms with van der Waals surface area (Å²) in [6, 6.07) is 39.4. The summed E-state index contributed by atoms with van der Waals surface area (Å²) in [4.78, 5) is 20.7. The molecule has 6 rings (SSSR count). The van der Waals surface area contributed by atoms with Gasteiger partial charge in [-0.1, -0.05) is 144 Å². The number of hydrogen-bond donors (Lipinski definition) is 0. The molecule has 1 unspecified atom stereocenters. The maximum absolute atomic E-state index is 13.9. The number of aromatic nitrogens is 2. The lowest BCUT2D eigenvalue weighted by Gasteiger charge is -2.48. The molecular formula is C39H43N3O2Si. The van der Waals surface area contributed by atoms with E-state index in [1.54, 1.807) is 0 Å². The Hall–Kier alpha value is -4.26. The molecule has 1 aliphatic heterocycles. The van der Waals surface area contributed by atoms with Crippen LogP contribution >= 0.6 is 0 Å². The van der Waals surface area contributed by atoms with Crippen LogP contribution in [0.5, 0.6) is 0 Å². The van der Waals surface area contributed by atoms with E-state index in [1.165, 1.54) is 0 Å². The van der Waals surface area contributed by atoms with Crippen LogP contribution in [0.25, 0.3) is 0 Å². The molecule has 5 aromatic rings. The lowest BCUT2D eigenvalue weighted by Crippen LogP contribution is -2.49. The average Bonchev–Trinajstić information content (AvgIpc) is 3.51. The van der Waals surface area contributed by atoms with Crippen molar-refractivity contribution in [3.63, 3.8) is 0 Å². The Labute approximate surface area is 269 Å². The zero-order valence-corrected chi connectivity index (χ0v) is 28.4. The van der Waals surface area contributed by atoms with E-state index in [0.717, 1.165) is 33.6 Å². The molecule has 0 radical (unpaired) electrons. The molecule has 1 aromatic heterocycles. The van der Waals surface area contributed by atoms with Crippen LogP contribution < -0.4 is 4.90 Å². The predicted octanol–water partition coefficient (Wildman–Crippen LogP) is 7.70. The van der Waals surface area contributed by atoms with Crippen molar-refractivity contribution in [2.24, 2.45) is 5.41 Å². The van der Waals surface area contributed by atoms with Gasteiger partial charge in [0.1, 0.15) is 5.60 Å². The number of rotatable bonds is 8. The van der Waals surface area contributed by atoms with Gasteiger partial charge in [-0.15, -0.1) is 0 Å². The van der Waals surface area contributed by atoms with Gasteiger partial charge in [0.15, 0.2) is 9.76 Å². The highest BCUT2D eigenvalue weighted by Crippen LogP contribution is 2.50. The molecule has 0 fully saturated rings. The van der Waals surface area contributed by atoms with E-state index in [4.69, 9.17) is 9.41 Å². The fraction of sp³-hybridized carbons (Fsp3) is 0.282. The van der Waals surface area contributed by atoms with Gasteiger partial charge in [-0.2, -0.15) is 0 Å². The van der Waals surface area contributed by atoms with Crippen molar-refractivity contribution in [2.75, 3.05) is 11.4 Å². The van der Waals surface area contributed by atoms with E-state index in [0.29, 0.717) is 13.0 Å². The number of benzene rings is 4. The minimum Gasteiger partial charge on any atom is -0.405 e. The first-order chi connectivity index (χ1) is 21.6. The SMILES string of the molecule is CC(C)(C)[SiH2]OC(c1ccccc1)(c1ccccc1)c1cncn1C1c2ccccc2N(C(=O)Cc2ccccc2)CC1(C)C. The molecule has 1 amide bonds. The van der Waals surface area contributed by atoms with E-state index in [9.17, 15) is 4.79 Å². The number of carbonyl (C=O) groups excluding carboxylic acids is 1. The van der Waals surface area contributed by atoms with Gasteiger partial charge < -0.3 is 13.9 Å². The Kier molecular flexibility index (Phi) is 8.38. The maximum atomic E-state index is 13.9. The standard InChI is InChI=1S/C39H43N3O2Si/c1-37(2,3)45-44-39(30-19-11-7-12-20-30,31-21-13-8-14-22-31)34-26-40-28-42(34)36-32-23-15-16-24-33(32)41(27-38(36,4)5)35(43)25-29-17-9-6-10-18-29/h6-24,26,28,36H,25,27,45H2,1-5H3. The van der Waals surface area contributed by atoms with Gasteiger partial charge in [0.25, 0.3) is 0 Å². The van der Waals surface area contributed by atoms with Gasteiger partial charge in [0.2, 0.25) is 5.91 Å². The lowest BCUT2D eigenvalue weighted by atomic mass is 9.75. The second kappa shape index (κ2) is 12.3. The molecule has 0 spiro atoms.